The Hall–Kier alpha value is -1.49. The van der Waals surface area contributed by atoms with Gasteiger partial charge in [-0.3, -0.25) is 10.1 Å². The molecule has 108 valence electrons. The lowest BCUT2D eigenvalue weighted by atomic mass is 10.2. The Morgan fingerprint density at radius 2 is 2.15 bits per heavy atom. The summed E-state index contributed by atoms with van der Waals surface area (Å²) in [5.41, 5.74) is 6.92. The number of anilines is 1. The van der Waals surface area contributed by atoms with Gasteiger partial charge in [0, 0.05) is 12.6 Å². The SMILES string of the molecule is Cc1cscc1CNS(=O)(=O)c1cc([N+](=O)[O-])c(N)s1. The summed E-state index contributed by atoms with van der Waals surface area (Å²) >= 11 is 2.16. The molecule has 0 spiro atoms. The van der Waals surface area contributed by atoms with Crippen LogP contribution in [0.3, 0.4) is 0 Å². The second-order valence-electron chi connectivity index (χ2n) is 3.98. The van der Waals surface area contributed by atoms with Crippen molar-refractivity contribution in [1.29, 1.82) is 0 Å². The normalized spacial score (nSPS) is 11.7. The topological polar surface area (TPSA) is 115 Å². The Kier molecular flexibility index (Phi) is 4.09. The molecule has 10 heteroatoms. The predicted octanol–water partition coefficient (Wildman–Crippen LogP) is 2.09. The zero-order valence-electron chi connectivity index (χ0n) is 10.3. The summed E-state index contributed by atoms with van der Waals surface area (Å²) in [5, 5.41) is 14.3. The number of hydrogen-bond donors (Lipinski definition) is 2. The summed E-state index contributed by atoms with van der Waals surface area (Å²) in [5.74, 6) is 0. The average molecular weight is 333 g/mol. The Morgan fingerprint density at radius 3 is 2.65 bits per heavy atom. The molecule has 0 fully saturated rings. The van der Waals surface area contributed by atoms with Crippen molar-refractivity contribution in [2.45, 2.75) is 17.7 Å². The molecule has 2 aromatic rings. The third kappa shape index (κ3) is 2.98. The van der Waals surface area contributed by atoms with E-state index in [1.165, 1.54) is 11.3 Å². The predicted molar refractivity (Wildman–Crippen MR) is 78.5 cm³/mol. The van der Waals surface area contributed by atoms with Gasteiger partial charge in [0.15, 0.2) is 5.00 Å². The maximum absolute atomic E-state index is 12.1. The highest BCUT2D eigenvalue weighted by Crippen LogP contribution is 2.34. The number of aryl methyl sites for hydroxylation is 1. The zero-order chi connectivity index (χ0) is 14.9. The number of sulfonamides is 1. The molecule has 0 aliphatic carbocycles. The molecule has 2 aromatic heterocycles. The van der Waals surface area contributed by atoms with E-state index in [4.69, 9.17) is 5.73 Å². The van der Waals surface area contributed by atoms with Crippen LogP contribution in [0.4, 0.5) is 10.7 Å². The van der Waals surface area contributed by atoms with Crippen LogP contribution in [0.2, 0.25) is 0 Å². The minimum atomic E-state index is -3.80. The third-order valence-corrected chi connectivity index (χ3v) is 6.33. The number of hydrogen-bond acceptors (Lipinski definition) is 7. The van der Waals surface area contributed by atoms with Crippen molar-refractivity contribution >= 4 is 43.4 Å². The summed E-state index contributed by atoms with van der Waals surface area (Å²) in [6.45, 7) is 2.03. The van der Waals surface area contributed by atoms with Crippen molar-refractivity contribution in [3.8, 4) is 0 Å². The van der Waals surface area contributed by atoms with E-state index in [-0.39, 0.29) is 21.4 Å². The van der Waals surface area contributed by atoms with Crippen LogP contribution in [0.5, 0.6) is 0 Å². The Labute approximate surface area is 123 Å². The van der Waals surface area contributed by atoms with Crippen molar-refractivity contribution in [2.75, 3.05) is 5.73 Å². The molecule has 0 aliphatic heterocycles. The fraction of sp³-hybridized carbons (Fsp3) is 0.200. The van der Waals surface area contributed by atoms with E-state index in [0.717, 1.165) is 17.2 Å². The highest BCUT2D eigenvalue weighted by atomic mass is 32.2. The Morgan fingerprint density at radius 1 is 1.45 bits per heavy atom. The standard InChI is InChI=1S/C10H11N3O4S3/c1-6-4-18-5-7(6)3-12-20(16,17)9-2-8(13(14)15)10(11)19-9/h2,4-5,12H,3,11H2,1H3. The largest absolute Gasteiger partial charge is 0.385 e. The lowest BCUT2D eigenvalue weighted by Crippen LogP contribution is -2.22. The second-order valence-corrected chi connectivity index (χ2v) is 7.80. The van der Waals surface area contributed by atoms with Gasteiger partial charge in [0.1, 0.15) is 4.21 Å². The van der Waals surface area contributed by atoms with Gasteiger partial charge in [-0.05, 0) is 28.8 Å². The molecule has 0 unspecified atom stereocenters. The van der Waals surface area contributed by atoms with E-state index in [1.54, 1.807) is 0 Å². The summed E-state index contributed by atoms with van der Waals surface area (Å²) in [6, 6.07) is 0.975. The molecule has 0 saturated heterocycles. The maximum Gasteiger partial charge on any atom is 0.304 e. The van der Waals surface area contributed by atoms with E-state index < -0.39 is 14.9 Å². The van der Waals surface area contributed by atoms with E-state index in [1.807, 2.05) is 17.7 Å². The van der Waals surface area contributed by atoms with Gasteiger partial charge in [-0.2, -0.15) is 11.3 Å². The highest BCUT2D eigenvalue weighted by Gasteiger charge is 2.24. The minimum absolute atomic E-state index is 0.123. The maximum atomic E-state index is 12.1. The first-order valence-corrected chi connectivity index (χ1v) is 8.60. The zero-order valence-corrected chi connectivity index (χ0v) is 12.8. The molecule has 2 heterocycles. The molecule has 7 nitrogen and oxygen atoms in total. The van der Waals surface area contributed by atoms with Crippen LogP contribution in [-0.4, -0.2) is 13.3 Å². The van der Waals surface area contributed by atoms with Crippen LogP contribution >= 0.6 is 22.7 Å². The molecular formula is C10H11N3O4S3. The molecule has 0 radical (unpaired) electrons. The molecule has 3 N–H and O–H groups in total. The van der Waals surface area contributed by atoms with E-state index in [0.29, 0.717) is 11.3 Å². The fourth-order valence-electron chi connectivity index (χ4n) is 1.46. The lowest BCUT2D eigenvalue weighted by Gasteiger charge is -2.03. The van der Waals surface area contributed by atoms with Crippen LogP contribution < -0.4 is 10.5 Å². The van der Waals surface area contributed by atoms with Crippen molar-refractivity contribution in [3.05, 3.63) is 38.1 Å². The van der Waals surface area contributed by atoms with Gasteiger partial charge in [0.25, 0.3) is 10.0 Å². The lowest BCUT2D eigenvalue weighted by molar-refractivity contribution is -0.383. The van der Waals surface area contributed by atoms with E-state index in [9.17, 15) is 18.5 Å². The summed E-state index contributed by atoms with van der Waals surface area (Å²) in [4.78, 5) is 9.97. The van der Waals surface area contributed by atoms with Gasteiger partial charge in [-0.1, -0.05) is 11.3 Å². The van der Waals surface area contributed by atoms with Gasteiger partial charge >= 0.3 is 5.69 Å². The number of nitrogens with two attached hydrogens (primary N) is 1. The Bertz CT molecular complexity index is 748. The van der Waals surface area contributed by atoms with Gasteiger partial charge < -0.3 is 5.73 Å². The van der Waals surface area contributed by atoms with Crippen molar-refractivity contribution in [2.24, 2.45) is 0 Å². The quantitative estimate of drug-likeness (QED) is 0.642. The van der Waals surface area contributed by atoms with Crippen molar-refractivity contribution in [3.63, 3.8) is 0 Å². The molecule has 0 amide bonds. The molecular weight excluding hydrogens is 322 g/mol. The first-order valence-electron chi connectivity index (χ1n) is 5.36. The molecule has 0 atom stereocenters. The number of nitrogen functional groups attached to an aromatic ring is 1. The first kappa shape index (κ1) is 14.9. The van der Waals surface area contributed by atoms with Crippen LogP contribution in [0.15, 0.2) is 21.0 Å². The smallest absolute Gasteiger partial charge is 0.304 e. The molecule has 2 rings (SSSR count). The van der Waals surface area contributed by atoms with E-state index in [2.05, 4.69) is 4.72 Å². The number of rotatable bonds is 5. The van der Waals surface area contributed by atoms with Gasteiger partial charge in [0.05, 0.1) is 4.92 Å². The average Bonchev–Trinajstić information content (AvgIpc) is 2.93. The molecule has 0 aromatic carbocycles. The highest BCUT2D eigenvalue weighted by molar-refractivity contribution is 7.91. The molecule has 0 bridgehead atoms. The molecule has 20 heavy (non-hydrogen) atoms. The van der Waals surface area contributed by atoms with Gasteiger partial charge in [-0.25, -0.2) is 13.1 Å². The van der Waals surface area contributed by atoms with Gasteiger partial charge in [0.2, 0.25) is 0 Å². The molecule has 0 aliphatic rings. The second kappa shape index (κ2) is 5.48. The van der Waals surface area contributed by atoms with Crippen LogP contribution in [0, 0.1) is 17.0 Å². The minimum Gasteiger partial charge on any atom is -0.385 e. The number of thiophene rings is 2. The first-order chi connectivity index (χ1) is 9.31. The number of nitro groups is 1. The Balaban J connectivity index is 2.20. The summed E-state index contributed by atoms with van der Waals surface area (Å²) in [6.07, 6.45) is 0. The monoisotopic (exact) mass is 333 g/mol. The van der Waals surface area contributed by atoms with Crippen LogP contribution in [0.25, 0.3) is 0 Å². The van der Waals surface area contributed by atoms with E-state index >= 15 is 0 Å². The fourth-order valence-corrected chi connectivity index (χ4v) is 4.58. The van der Waals surface area contributed by atoms with Gasteiger partial charge in [-0.15, -0.1) is 0 Å². The summed E-state index contributed by atoms with van der Waals surface area (Å²) in [7, 11) is -3.80. The summed E-state index contributed by atoms with van der Waals surface area (Å²) < 4.78 is 26.4. The number of nitrogens with zero attached hydrogens (tertiary/aromatic N) is 1. The third-order valence-electron chi connectivity index (χ3n) is 2.59. The van der Waals surface area contributed by atoms with Crippen LogP contribution in [0.1, 0.15) is 11.1 Å². The van der Waals surface area contributed by atoms with Crippen molar-refractivity contribution in [1.82, 2.24) is 4.72 Å². The molecule has 0 saturated carbocycles. The van der Waals surface area contributed by atoms with Crippen LogP contribution in [-0.2, 0) is 16.6 Å². The van der Waals surface area contributed by atoms with Crippen molar-refractivity contribution < 1.29 is 13.3 Å². The number of nitrogens with one attached hydrogen (secondary N) is 1.